The summed E-state index contributed by atoms with van der Waals surface area (Å²) in [5.74, 6) is 4.20. The molecule has 6 rings (SSSR count). The molecule has 1 spiro atoms. The second-order valence-corrected chi connectivity index (χ2v) is 13.9. The smallest absolute Gasteiger partial charge is 0.303 e. The van der Waals surface area contributed by atoms with E-state index in [1.807, 2.05) is 0 Å². The van der Waals surface area contributed by atoms with Crippen LogP contribution >= 0.6 is 0 Å². The average molecular weight is 474 g/mol. The molecule has 0 amide bonds. The summed E-state index contributed by atoms with van der Waals surface area (Å²) in [6.07, 6.45) is 10.5. The highest BCUT2D eigenvalue weighted by molar-refractivity contribution is 5.66. The Morgan fingerprint density at radius 2 is 1.76 bits per heavy atom. The van der Waals surface area contributed by atoms with Gasteiger partial charge in [-0.15, -0.1) is 0 Å². The number of piperidine rings is 1. The molecule has 2 aliphatic heterocycles. The van der Waals surface area contributed by atoms with Crippen LogP contribution in [-0.4, -0.2) is 41.7 Å². The van der Waals surface area contributed by atoms with Gasteiger partial charge in [0.15, 0.2) is 5.72 Å². The van der Waals surface area contributed by atoms with Crippen molar-refractivity contribution < 1.29 is 19.4 Å². The third-order valence-electron chi connectivity index (χ3n) is 12.4. The Morgan fingerprint density at radius 3 is 2.53 bits per heavy atom. The van der Waals surface area contributed by atoms with Crippen molar-refractivity contribution in [1.29, 1.82) is 0 Å². The molecule has 34 heavy (non-hydrogen) atoms. The van der Waals surface area contributed by atoms with Gasteiger partial charge in [0.1, 0.15) is 6.10 Å². The Balaban J connectivity index is 1.27. The van der Waals surface area contributed by atoms with Gasteiger partial charge in [-0.05, 0) is 104 Å². The predicted molar refractivity (Wildman–Crippen MR) is 131 cm³/mol. The van der Waals surface area contributed by atoms with Crippen molar-refractivity contribution in [2.75, 3.05) is 6.54 Å². The molecular formula is C29H47NO4. The SMILES string of the molecule is CC(=O)O[C@@H]1C[C@H](C)CN[C@]12O[C@H]1C[C@H]3[C@@H]4CC[C@H]5C[C@@H](O)CC[C@]5(C)[C@H]4CC[C@]3(C)[C@H]1[C@@H]2C. The summed E-state index contributed by atoms with van der Waals surface area (Å²) in [4.78, 5) is 12.0. The molecule has 2 N–H and O–H groups in total. The summed E-state index contributed by atoms with van der Waals surface area (Å²) >= 11 is 0. The van der Waals surface area contributed by atoms with Crippen molar-refractivity contribution in [2.45, 2.75) is 116 Å². The van der Waals surface area contributed by atoms with Crippen LogP contribution in [0.25, 0.3) is 0 Å². The minimum absolute atomic E-state index is 0.0735. The van der Waals surface area contributed by atoms with Gasteiger partial charge in [-0.3, -0.25) is 10.1 Å². The maximum absolute atomic E-state index is 12.0. The van der Waals surface area contributed by atoms with Gasteiger partial charge in [0, 0.05) is 19.4 Å². The van der Waals surface area contributed by atoms with Crippen molar-refractivity contribution in [2.24, 2.45) is 52.3 Å². The number of carbonyl (C=O) groups excluding carboxylic acids is 1. The second kappa shape index (κ2) is 7.92. The van der Waals surface area contributed by atoms with Crippen LogP contribution in [0, 0.1) is 52.3 Å². The molecule has 2 saturated heterocycles. The van der Waals surface area contributed by atoms with Crippen molar-refractivity contribution in [3.05, 3.63) is 0 Å². The minimum Gasteiger partial charge on any atom is -0.458 e. The van der Waals surface area contributed by atoms with Crippen LogP contribution in [0.15, 0.2) is 0 Å². The monoisotopic (exact) mass is 473 g/mol. The van der Waals surface area contributed by atoms with E-state index < -0.39 is 5.72 Å². The summed E-state index contributed by atoms with van der Waals surface area (Å²) in [5.41, 5.74) is 0.190. The number of carbonyl (C=O) groups is 1. The first-order valence-electron chi connectivity index (χ1n) is 14.4. The number of hydrogen-bond donors (Lipinski definition) is 2. The second-order valence-electron chi connectivity index (χ2n) is 13.9. The number of ether oxygens (including phenoxy) is 2. The molecule has 0 bridgehead atoms. The fourth-order valence-electron chi connectivity index (χ4n) is 10.9. The Kier molecular flexibility index (Phi) is 5.53. The molecule has 0 aromatic carbocycles. The van der Waals surface area contributed by atoms with Crippen LogP contribution < -0.4 is 5.32 Å². The van der Waals surface area contributed by atoms with Gasteiger partial charge in [-0.25, -0.2) is 0 Å². The molecule has 5 heteroatoms. The third kappa shape index (κ3) is 3.18. The van der Waals surface area contributed by atoms with Gasteiger partial charge < -0.3 is 14.6 Å². The van der Waals surface area contributed by atoms with Gasteiger partial charge in [0.05, 0.1) is 12.2 Å². The van der Waals surface area contributed by atoms with E-state index in [-0.39, 0.29) is 24.3 Å². The molecule has 6 aliphatic rings. The summed E-state index contributed by atoms with van der Waals surface area (Å²) in [6.45, 7) is 12.2. The summed E-state index contributed by atoms with van der Waals surface area (Å²) in [6, 6.07) is 0. The van der Waals surface area contributed by atoms with E-state index in [1.54, 1.807) is 0 Å². The zero-order chi connectivity index (χ0) is 24.0. The molecule has 0 aromatic rings. The zero-order valence-corrected chi connectivity index (χ0v) is 22.0. The fourth-order valence-corrected chi connectivity index (χ4v) is 10.9. The predicted octanol–water partition coefficient (Wildman–Crippen LogP) is 4.91. The van der Waals surface area contributed by atoms with E-state index in [9.17, 15) is 9.90 Å². The number of rotatable bonds is 1. The van der Waals surface area contributed by atoms with E-state index >= 15 is 0 Å². The van der Waals surface area contributed by atoms with Crippen LogP contribution in [0.5, 0.6) is 0 Å². The van der Waals surface area contributed by atoms with Crippen LogP contribution in [0.4, 0.5) is 0 Å². The first-order chi connectivity index (χ1) is 16.1. The maximum atomic E-state index is 12.0. The highest BCUT2D eigenvalue weighted by Gasteiger charge is 2.70. The molecule has 192 valence electrons. The molecule has 4 aliphatic carbocycles. The highest BCUT2D eigenvalue weighted by atomic mass is 16.6. The van der Waals surface area contributed by atoms with Crippen LogP contribution in [-0.2, 0) is 14.3 Å². The summed E-state index contributed by atoms with van der Waals surface area (Å²) < 4.78 is 13.0. The first kappa shape index (κ1) is 23.7. The van der Waals surface area contributed by atoms with E-state index in [1.165, 1.54) is 45.4 Å². The number of aliphatic hydroxyl groups excluding tert-OH is 1. The zero-order valence-electron chi connectivity index (χ0n) is 22.0. The average Bonchev–Trinajstić information content (AvgIpc) is 3.22. The number of hydrogen-bond acceptors (Lipinski definition) is 5. The Bertz CT molecular complexity index is 833. The molecule has 2 heterocycles. The Hall–Kier alpha value is -0.650. The lowest BCUT2D eigenvalue weighted by Gasteiger charge is -2.61. The Morgan fingerprint density at radius 1 is 1.00 bits per heavy atom. The highest BCUT2D eigenvalue weighted by Crippen LogP contribution is 2.71. The molecule has 0 unspecified atom stereocenters. The lowest BCUT2D eigenvalue weighted by molar-refractivity contribution is -0.201. The molecular weight excluding hydrogens is 426 g/mol. The number of aliphatic hydroxyl groups is 1. The topological polar surface area (TPSA) is 67.8 Å². The maximum Gasteiger partial charge on any atom is 0.303 e. The largest absolute Gasteiger partial charge is 0.458 e. The lowest BCUT2D eigenvalue weighted by atomic mass is 9.44. The minimum atomic E-state index is -0.526. The Labute approximate surface area is 206 Å². The first-order valence-corrected chi connectivity index (χ1v) is 14.4. The number of nitrogens with one attached hydrogen (secondary N) is 1. The van der Waals surface area contributed by atoms with Crippen molar-refractivity contribution >= 4 is 5.97 Å². The summed E-state index contributed by atoms with van der Waals surface area (Å²) in [7, 11) is 0. The standard InChI is InChI=1S/C29H47NO4/c1-16-12-25(33-18(3)31)29(30-15-16)17(2)26-24(34-29)14-23-21-7-6-19-13-20(32)8-10-27(19,4)22(21)9-11-28(23,26)5/h16-17,19-26,30,32H,6-15H2,1-5H3/t16-,17-,19-,20-,21+,22-,23-,24-,25+,26-,27-,28-,29+/m0/s1. The summed E-state index contributed by atoms with van der Waals surface area (Å²) in [5, 5.41) is 14.1. The molecule has 13 atom stereocenters. The third-order valence-corrected chi connectivity index (χ3v) is 12.4. The van der Waals surface area contributed by atoms with Gasteiger partial charge >= 0.3 is 5.97 Å². The van der Waals surface area contributed by atoms with E-state index in [0.717, 1.165) is 43.6 Å². The molecule has 4 saturated carbocycles. The molecule has 0 aromatic heterocycles. The van der Waals surface area contributed by atoms with E-state index in [2.05, 4.69) is 33.0 Å². The molecule has 5 nitrogen and oxygen atoms in total. The van der Waals surface area contributed by atoms with E-state index in [4.69, 9.17) is 9.47 Å². The number of fused-ring (bicyclic) bond motifs is 7. The van der Waals surface area contributed by atoms with Crippen LogP contribution in [0.2, 0.25) is 0 Å². The van der Waals surface area contributed by atoms with Crippen molar-refractivity contribution in [3.63, 3.8) is 0 Å². The molecule has 0 radical (unpaired) electrons. The lowest BCUT2D eigenvalue weighted by Crippen LogP contribution is -2.65. The van der Waals surface area contributed by atoms with Crippen molar-refractivity contribution in [3.8, 4) is 0 Å². The van der Waals surface area contributed by atoms with Gasteiger partial charge in [0.2, 0.25) is 0 Å². The van der Waals surface area contributed by atoms with Gasteiger partial charge in [-0.1, -0.05) is 27.7 Å². The number of esters is 1. The van der Waals surface area contributed by atoms with Crippen LogP contribution in [0.3, 0.4) is 0 Å². The van der Waals surface area contributed by atoms with Crippen LogP contribution in [0.1, 0.15) is 92.4 Å². The molecule has 6 fully saturated rings. The normalized spacial score (nSPS) is 58.5. The van der Waals surface area contributed by atoms with Gasteiger partial charge in [0.25, 0.3) is 0 Å². The van der Waals surface area contributed by atoms with E-state index in [0.29, 0.717) is 34.5 Å². The van der Waals surface area contributed by atoms with Crippen molar-refractivity contribution in [1.82, 2.24) is 5.32 Å². The van der Waals surface area contributed by atoms with Gasteiger partial charge in [-0.2, -0.15) is 0 Å². The quantitative estimate of drug-likeness (QED) is 0.530. The fraction of sp³-hybridized carbons (Fsp3) is 0.966.